The van der Waals surface area contributed by atoms with Gasteiger partial charge in [0.05, 0.1) is 23.2 Å². The van der Waals surface area contributed by atoms with E-state index < -0.39 is 0 Å². The summed E-state index contributed by atoms with van der Waals surface area (Å²) in [7, 11) is 0. The zero-order valence-electron chi connectivity index (χ0n) is 17.6. The minimum absolute atomic E-state index is 0.158. The molecule has 6 heteroatoms. The van der Waals surface area contributed by atoms with Crippen molar-refractivity contribution in [3.8, 4) is 0 Å². The van der Waals surface area contributed by atoms with Crippen LogP contribution in [0.2, 0.25) is 0 Å². The van der Waals surface area contributed by atoms with Crippen molar-refractivity contribution in [3.63, 3.8) is 0 Å². The van der Waals surface area contributed by atoms with E-state index in [2.05, 4.69) is 39.8 Å². The SMILES string of the molecule is Cc1occc1/C(Nc1ccc(CN2CCCC2)cc1)=C1/C(=O)Nc2cc(N)ccc21. The minimum Gasteiger partial charge on any atom is -0.469 e. The van der Waals surface area contributed by atoms with Crippen LogP contribution in [0.25, 0.3) is 11.3 Å². The average molecular weight is 415 g/mol. The minimum atomic E-state index is -0.158. The Balaban J connectivity index is 1.51. The van der Waals surface area contributed by atoms with Crippen molar-refractivity contribution in [1.29, 1.82) is 0 Å². The van der Waals surface area contributed by atoms with Gasteiger partial charge in [0, 0.05) is 29.0 Å². The summed E-state index contributed by atoms with van der Waals surface area (Å²) in [4.78, 5) is 15.4. The first-order valence-corrected chi connectivity index (χ1v) is 10.7. The van der Waals surface area contributed by atoms with Crippen LogP contribution in [-0.4, -0.2) is 23.9 Å². The van der Waals surface area contributed by atoms with Crippen LogP contribution >= 0.6 is 0 Å². The molecule has 0 spiro atoms. The number of rotatable bonds is 5. The Labute approximate surface area is 181 Å². The van der Waals surface area contributed by atoms with Gasteiger partial charge in [-0.2, -0.15) is 0 Å². The van der Waals surface area contributed by atoms with Gasteiger partial charge in [0.2, 0.25) is 0 Å². The molecular formula is C25H26N4O2. The average Bonchev–Trinajstić information content (AvgIpc) is 3.48. The molecule has 158 valence electrons. The molecule has 2 aliphatic rings. The first-order chi connectivity index (χ1) is 15.1. The molecule has 4 N–H and O–H groups in total. The predicted molar refractivity (Wildman–Crippen MR) is 124 cm³/mol. The number of likely N-dealkylation sites (tertiary alicyclic amines) is 1. The normalized spacial score (nSPS) is 17.5. The molecule has 6 nitrogen and oxygen atoms in total. The molecule has 2 aromatic carbocycles. The van der Waals surface area contributed by atoms with Gasteiger partial charge >= 0.3 is 0 Å². The van der Waals surface area contributed by atoms with Gasteiger partial charge in [-0.05, 0) is 74.8 Å². The van der Waals surface area contributed by atoms with E-state index in [0.29, 0.717) is 11.3 Å². The molecule has 0 unspecified atom stereocenters. The number of benzene rings is 2. The molecule has 0 aliphatic carbocycles. The van der Waals surface area contributed by atoms with E-state index in [4.69, 9.17) is 10.2 Å². The van der Waals surface area contributed by atoms with Crippen LogP contribution in [0.15, 0.2) is 59.2 Å². The molecule has 1 aromatic heterocycles. The van der Waals surface area contributed by atoms with Crippen LogP contribution in [0.1, 0.15) is 35.3 Å². The number of nitrogens with one attached hydrogen (secondary N) is 2. The summed E-state index contributed by atoms with van der Waals surface area (Å²) >= 11 is 0. The van der Waals surface area contributed by atoms with Crippen LogP contribution in [0.5, 0.6) is 0 Å². The van der Waals surface area contributed by atoms with Crippen molar-refractivity contribution in [2.75, 3.05) is 29.5 Å². The first kappa shape index (κ1) is 19.5. The zero-order chi connectivity index (χ0) is 21.4. The molecule has 5 rings (SSSR count). The molecule has 0 bridgehead atoms. The number of amides is 1. The smallest absolute Gasteiger partial charge is 0.258 e. The molecule has 3 aromatic rings. The summed E-state index contributed by atoms with van der Waals surface area (Å²) in [5, 5.41) is 6.42. The maximum Gasteiger partial charge on any atom is 0.258 e. The van der Waals surface area contributed by atoms with Gasteiger partial charge in [-0.1, -0.05) is 12.1 Å². The highest BCUT2D eigenvalue weighted by Crippen LogP contribution is 2.39. The molecule has 0 radical (unpaired) electrons. The number of furan rings is 1. The van der Waals surface area contributed by atoms with Crippen molar-refractivity contribution >= 4 is 34.2 Å². The van der Waals surface area contributed by atoms with Gasteiger partial charge in [0.15, 0.2) is 0 Å². The lowest BCUT2D eigenvalue weighted by Gasteiger charge is -2.16. The quantitative estimate of drug-likeness (QED) is 0.416. The second kappa shape index (κ2) is 7.96. The van der Waals surface area contributed by atoms with Crippen LogP contribution < -0.4 is 16.4 Å². The number of nitrogen functional groups attached to an aromatic ring is 1. The number of carbonyl (C=O) groups excluding carboxylic acids is 1. The fourth-order valence-corrected chi connectivity index (χ4v) is 4.38. The van der Waals surface area contributed by atoms with E-state index in [-0.39, 0.29) is 5.91 Å². The summed E-state index contributed by atoms with van der Waals surface area (Å²) in [6, 6.07) is 15.8. The Bertz CT molecular complexity index is 1150. The Kier molecular flexibility index (Phi) is 5.00. The molecule has 1 fully saturated rings. The zero-order valence-corrected chi connectivity index (χ0v) is 17.6. The lowest BCUT2D eigenvalue weighted by atomic mass is 10.00. The third-order valence-electron chi connectivity index (χ3n) is 5.99. The van der Waals surface area contributed by atoms with Crippen molar-refractivity contribution < 1.29 is 9.21 Å². The van der Waals surface area contributed by atoms with E-state index in [1.807, 2.05) is 25.1 Å². The first-order valence-electron chi connectivity index (χ1n) is 10.7. The van der Waals surface area contributed by atoms with Gasteiger partial charge in [-0.3, -0.25) is 9.69 Å². The third kappa shape index (κ3) is 3.82. The van der Waals surface area contributed by atoms with Crippen LogP contribution in [0, 0.1) is 6.92 Å². The van der Waals surface area contributed by atoms with Gasteiger partial charge in [-0.25, -0.2) is 0 Å². The lowest BCUT2D eigenvalue weighted by molar-refractivity contribution is -0.110. The maximum atomic E-state index is 12.9. The topological polar surface area (TPSA) is 83.5 Å². The summed E-state index contributed by atoms with van der Waals surface area (Å²) in [5.74, 6) is 0.590. The maximum absolute atomic E-state index is 12.9. The highest BCUT2D eigenvalue weighted by molar-refractivity contribution is 6.37. The van der Waals surface area contributed by atoms with E-state index in [1.54, 1.807) is 12.3 Å². The van der Waals surface area contributed by atoms with Crippen LogP contribution in [0.4, 0.5) is 17.1 Å². The number of anilines is 3. The summed E-state index contributed by atoms with van der Waals surface area (Å²) in [6.45, 7) is 5.23. The van der Waals surface area contributed by atoms with E-state index in [0.717, 1.165) is 40.5 Å². The molecule has 0 atom stereocenters. The number of fused-ring (bicyclic) bond motifs is 1. The van der Waals surface area contributed by atoms with Gasteiger partial charge < -0.3 is 20.8 Å². The molecule has 2 aliphatic heterocycles. The summed E-state index contributed by atoms with van der Waals surface area (Å²) in [5.41, 5.74) is 12.5. The Hall–Kier alpha value is -3.51. The highest BCUT2D eigenvalue weighted by atomic mass is 16.3. The number of nitrogens with zero attached hydrogens (tertiary/aromatic N) is 1. The van der Waals surface area contributed by atoms with E-state index >= 15 is 0 Å². The van der Waals surface area contributed by atoms with Crippen LogP contribution in [0.3, 0.4) is 0 Å². The van der Waals surface area contributed by atoms with E-state index in [1.165, 1.54) is 31.5 Å². The summed E-state index contributed by atoms with van der Waals surface area (Å²) in [6.07, 6.45) is 4.22. The Morgan fingerprint density at radius 3 is 2.61 bits per heavy atom. The number of aryl methyl sites for hydroxylation is 1. The fraction of sp³-hybridized carbons (Fsp3) is 0.240. The predicted octanol–water partition coefficient (Wildman–Crippen LogP) is 4.70. The number of nitrogens with two attached hydrogens (primary N) is 1. The van der Waals surface area contributed by atoms with Crippen molar-refractivity contribution in [1.82, 2.24) is 4.90 Å². The fourth-order valence-electron chi connectivity index (χ4n) is 4.38. The van der Waals surface area contributed by atoms with Crippen molar-refractivity contribution in [3.05, 3.63) is 77.2 Å². The number of hydrogen-bond donors (Lipinski definition) is 3. The molecule has 3 heterocycles. The standard InChI is InChI=1S/C25H26N4O2/c1-16-20(10-13-31-16)24(23-21-9-6-18(26)14-22(21)28-25(23)30)27-19-7-4-17(5-8-19)15-29-11-2-3-12-29/h4-10,13-14,27H,2-3,11-12,15,26H2,1H3,(H,28,30)/b24-23-. The van der Waals surface area contributed by atoms with Gasteiger partial charge in [0.25, 0.3) is 5.91 Å². The van der Waals surface area contributed by atoms with Crippen LogP contribution in [-0.2, 0) is 11.3 Å². The molecule has 1 saturated heterocycles. The van der Waals surface area contributed by atoms with Gasteiger partial charge in [0.1, 0.15) is 5.76 Å². The molecular weight excluding hydrogens is 388 g/mol. The second-order valence-electron chi connectivity index (χ2n) is 8.20. The molecule has 31 heavy (non-hydrogen) atoms. The number of carbonyl (C=O) groups is 1. The largest absolute Gasteiger partial charge is 0.469 e. The summed E-state index contributed by atoms with van der Waals surface area (Å²) < 4.78 is 5.55. The third-order valence-corrected chi connectivity index (χ3v) is 5.99. The monoisotopic (exact) mass is 414 g/mol. The Morgan fingerprint density at radius 2 is 1.90 bits per heavy atom. The van der Waals surface area contributed by atoms with E-state index in [9.17, 15) is 4.79 Å². The second-order valence-corrected chi connectivity index (χ2v) is 8.20. The highest BCUT2D eigenvalue weighted by Gasteiger charge is 2.29. The van der Waals surface area contributed by atoms with Crippen molar-refractivity contribution in [2.45, 2.75) is 26.3 Å². The lowest BCUT2D eigenvalue weighted by Crippen LogP contribution is -2.18. The van der Waals surface area contributed by atoms with Gasteiger partial charge in [-0.15, -0.1) is 0 Å². The van der Waals surface area contributed by atoms with Crippen molar-refractivity contribution in [2.24, 2.45) is 0 Å². The Morgan fingerprint density at radius 1 is 1.13 bits per heavy atom. The molecule has 1 amide bonds. The number of hydrogen-bond acceptors (Lipinski definition) is 5. The molecule has 0 saturated carbocycles.